The molecule has 2 aromatic rings. The van der Waals surface area contributed by atoms with Crippen LogP contribution in [0.15, 0.2) is 36.4 Å². The summed E-state index contributed by atoms with van der Waals surface area (Å²) in [5, 5.41) is 0. The molecule has 0 amide bonds. The van der Waals surface area contributed by atoms with Crippen LogP contribution in [0.2, 0.25) is 4.34 Å². The minimum Gasteiger partial charge on any atom is -0.493 e. The Kier molecular flexibility index (Phi) is 7.03. The summed E-state index contributed by atoms with van der Waals surface area (Å²) in [5.74, 6) is -0.0223. The molecule has 0 fully saturated rings. The molecule has 1 aromatic carbocycles. The van der Waals surface area contributed by atoms with Gasteiger partial charge < -0.3 is 14.2 Å². The van der Waals surface area contributed by atoms with Crippen LogP contribution in [0.25, 0.3) is 6.08 Å². The Balaban J connectivity index is 1.86. The van der Waals surface area contributed by atoms with Crippen molar-refractivity contribution in [3.05, 3.63) is 51.2 Å². The van der Waals surface area contributed by atoms with Crippen molar-refractivity contribution in [1.29, 1.82) is 0 Å². The maximum atomic E-state index is 11.8. The number of halogens is 1. The Labute approximate surface area is 154 Å². The summed E-state index contributed by atoms with van der Waals surface area (Å²) in [7, 11) is 1.52. The first kappa shape index (κ1) is 19.0. The van der Waals surface area contributed by atoms with Gasteiger partial charge in [-0.05, 0) is 36.8 Å². The fraction of sp³-hybridized carbons (Fsp3) is 0.222. The van der Waals surface area contributed by atoms with Crippen molar-refractivity contribution in [2.75, 3.05) is 20.3 Å². The Morgan fingerprint density at radius 2 is 1.96 bits per heavy atom. The molecule has 0 aliphatic rings. The van der Waals surface area contributed by atoms with E-state index < -0.39 is 5.97 Å². The minimum atomic E-state index is -0.643. The number of benzene rings is 1. The first-order chi connectivity index (χ1) is 12.0. The highest BCUT2D eigenvalue weighted by atomic mass is 35.5. The van der Waals surface area contributed by atoms with E-state index in [0.29, 0.717) is 20.7 Å². The molecule has 0 aliphatic heterocycles. The predicted molar refractivity (Wildman–Crippen MR) is 97.8 cm³/mol. The second-order valence-electron chi connectivity index (χ2n) is 4.89. The molecule has 0 aliphatic carbocycles. The summed E-state index contributed by atoms with van der Waals surface area (Å²) in [5.41, 5.74) is 0.953. The van der Waals surface area contributed by atoms with Gasteiger partial charge in [-0.1, -0.05) is 29.8 Å². The maximum absolute atomic E-state index is 11.8. The van der Waals surface area contributed by atoms with Crippen LogP contribution in [0.5, 0.6) is 11.5 Å². The van der Waals surface area contributed by atoms with Gasteiger partial charge in [0.2, 0.25) is 5.78 Å². The highest BCUT2D eigenvalue weighted by Gasteiger charge is 2.13. The number of Topliss-reactive ketones (excluding diaryl/α,β-unsaturated/α-hetero) is 1. The van der Waals surface area contributed by atoms with Gasteiger partial charge in [-0.2, -0.15) is 0 Å². The number of carbonyl (C=O) groups is 2. The van der Waals surface area contributed by atoms with E-state index in [1.54, 1.807) is 24.3 Å². The monoisotopic (exact) mass is 380 g/mol. The van der Waals surface area contributed by atoms with E-state index in [1.807, 2.05) is 25.1 Å². The Hall–Kier alpha value is -2.31. The molecule has 0 bridgehead atoms. The molecular formula is C18H17ClO5S. The predicted octanol–water partition coefficient (Wildman–Crippen LogP) is 4.25. The zero-order valence-corrected chi connectivity index (χ0v) is 15.4. The number of hydrogen-bond donors (Lipinski definition) is 0. The summed E-state index contributed by atoms with van der Waals surface area (Å²) in [6.45, 7) is 1.24. The molecule has 1 aromatic heterocycles. The van der Waals surface area contributed by atoms with Crippen LogP contribution >= 0.6 is 22.9 Å². The molecule has 25 heavy (non-hydrogen) atoms. The van der Waals surface area contributed by atoms with Crippen LogP contribution in [0.4, 0.5) is 0 Å². The van der Waals surface area contributed by atoms with E-state index in [9.17, 15) is 9.59 Å². The van der Waals surface area contributed by atoms with E-state index in [0.717, 1.165) is 16.9 Å². The number of rotatable bonds is 8. The number of esters is 1. The fourth-order valence-corrected chi connectivity index (χ4v) is 2.93. The van der Waals surface area contributed by atoms with E-state index in [4.69, 9.17) is 25.8 Å². The molecule has 0 radical (unpaired) electrons. The van der Waals surface area contributed by atoms with Gasteiger partial charge in [0.05, 0.1) is 16.3 Å². The molecular weight excluding hydrogens is 364 g/mol. The van der Waals surface area contributed by atoms with E-state index in [2.05, 4.69) is 0 Å². The second kappa shape index (κ2) is 9.25. The first-order valence-electron chi connectivity index (χ1n) is 7.41. The summed E-state index contributed by atoms with van der Waals surface area (Å²) in [6.07, 6.45) is 3.83. The van der Waals surface area contributed by atoms with Gasteiger partial charge in [-0.25, -0.2) is 4.79 Å². The SMILES string of the molecule is C/C=C/c1ccc(OCC(=O)OCC(=O)c2ccc(Cl)s2)c(OC)c1. The summed E-state index contributed by atoms with van der Waals surface area (Å²) >= 11 is 6.91. The van der Waals surface area contributed by atoms with Gasteiger partial charge in [0.15, 0.2) is 24.7 Å². The molecule has 0 saturated heterocycles. The lowest BCUT2D eigenvalue weighted by Gasteiger charge is -2.11. The number of thiophene rings is 1. The van der Waals surface area contributed by atoms with Gasteiger partial charge in [-0.3, -0.25) is 4.79 Å². The molecule has 2 rings (SSSR count). The first-order valence-corrected chi connectivity index (χ1v) is 8.60. The Bertz CT molecular complexity index is 782. The molecule has 0 saturated carbocycles. The smallest absolute Gasteiger partial charge is 0.344 e. The molecule has 0 unspecified atom stereocenters. The molecule has 132 valence electrons. The fourth-order valence-electron chi connectivity index (χ4n) is 1.96. The summed E-state index contributed by atoms with van der Waals surface area (Å²) < 4.78 is 16.1. The van der Waals surface area contributed by atoms with Crippen molar-refractivity contribution >= 4 is 40.8 Å². The number of allylic oxidation sites excluding steroid dienone is 1. The third kappa shape index (κ3) is 5.62. The second-order valence-corrected chi connectivity index (χ2v) is 6.60. The largest absolute Gasteiger partial charge is 0.493 e. The lowest BCUT2D eigenvalue weighted by molar-refractivity contribution is -0.144. The van der Waals surface area contributed by atoms with Crippen molar-refractivity contribution in [3.63, 3.8) is 0 Å². The topological polar surface area (TPSA) is 61.8 Å². The molecule has 0 atom stereocenters. The number of ketones is 1. The number of methoxy groups -OCH3 is 1. The van der Waals surface area contributed by atoms with Crippen LogP contribution in [0.1, 0.15) is 22.2 Å². The van der Waals surface area contributed by atoms with Crippen molar-refractivity contribution < 1.29 is 23.8 Å². The summed E-state index contributed by atoms with van der Waals surface area (Å²) in [4.78, 5) is 24.0. The highest BCUT2D eigenvalue weighted by molar-refractivity contribution is 7.18. The number of carbonyl (C=O) groups excluding carboxylic acids is 2. The van der Waals surface area contributed by atoms with Gasteiger partial charge in [0.25, 0.3) is 0 Å². The average Bonchev–Trinajstić information content (AvgIpc) is 3.05. The molecule has 0 spiro atoms. The molecule has 0 N–H and O–H groups in total. The van der Waals surface area contributed by atoms with Crippen molar-refractivity contribution in [2.45, 2.75) is 6.92 Å². The van der Waals surface area contributed by atoms with Crippen molar-refractivity contribution in [2.24, 2.45) is 0 Å². The van der Waals surface area contributed by atoms with Gasteiger partial charge in [0.1, 0.15) is 0 Å². The van der Waals surface area contributed by atoms with Crippen molar-refractivity contribution in [1.82, 2.24) is 0 Å². The standard InChI is InChI=1S/C18H17ClO5S/c1-3-4-12-5-6-14(15(9-12)22-2)23-11-18(21)24-10-13(20)16-7-8-17(19)25-16/h3-9H,10-11H2,1-2H3/b4-3+. The number of hydrogen-bond acceptors (Lipinski definition) is 6. The van der Waals surface area contributed by atoms with Crippen molar-refractivity contribution in [3.8, 4) is 11.5 Å². The van der Waals surface area contributed by atoms with Gasteiger partial charge in [0, 0.05) is 0 Å². The lowest BCUT2D eigenvalue weighted by Crippen LogP contribution is -2.19. The van der Waals surface area contributed by atoms with Crippen LogP contribution in [-0.2, 0) is 9.53 Å². The van der Waals surface area contributed by atoms with E-state index in [1.165, 1.54) is 7.11 Å². The van der Waals surface area contributed by atoms with Crippen LogP contribution in [0.3, 0.4) is 0 Å². The van der Waals surface area contributed by atoms with Crippen LogP contribution in [-0.4, -0.2) is 32.1 Å². The summed E-state index contributed by atoms with van der Waals surface area (Å²) in [6, 6.07) is 8.56. The van der Waals surface area contributed by atoms with Crippen LogP contribution < -0.4 is 9.47 Å². The number of ether oxygens (including phenoxy) is 3. The lowest BCUT2D eigenvalue weighted by atomic mass is 10.2. The highest BCUT2D eigenvalue weighted by Crippen LogP contribution is 2.28. The third-order valence-corrected chi connectivity index (χ3v) is 4.38. The minimum absolute atomic E-state index is 0.307. The Morgan fingerprint density at radius 3 is 2.60 bits per heavy atom. The van der Waals surface area contributed by atoms with Crippen LogP contribution in [0, 0.1) is 0 Å². The third-order valence-electron chi connectivity index (χ3n) is 3.10. The molecule has 7 heteroatoms. The average molecular weight is 381 g/mol. The quantitative estimate of drug-likeness (QED) is 0.506. The normalized spacial score (nSPS) is 10.7. The zero-order chi connectivity index (χ0) is 18.2. The molecule has 1 heterocycles. The Morgan fingerprint density at radius 1 is 1.16 bits per heavy atom. The zero-order valence-electron chi connectivity index (χ0n) is 13.8. The van der Waals surface area contributed by atoms with E-state index in [-0.39, 0.29) is 19.0 Å². The molecule has 5 nitrogen and oxygen atoms in total. The maximum Gasteiger partial charge on any atom is 0.344 e. The van der Waals surface area contributed by atoms with Gasteiger partial charge in [-0.15, -0.1) is 11.3 Å². The van der Waals surface area contributed by atoms with E-state index >= 15 is 0 Å². The van der Waals surface area contributed by atoms with Gasteiger partial charge >= 0.3 is 5.97 Å².